The largest absolute Gasteiger partial charge is 0.425 e. The highest BCUT2D eigenvalue weighted by Crippen LogP contribution is 2.81. The van der Waals surface area contributed by atoms with Gasteiger partial charge in [0.1, 0.15) is 11.5 Å². The lowest BCUT2D eigenvalue weighted by molar-refractivity contribution is 0.561. The summed E-state index contributed by atoms with van der Waals surface area (Å²) in [5, 5.41) is 19.1. The number of para-hydroxylation sites is 2. The summed E-state index contributed by atoms with van der Waals surface area (Å²) in [5.41, 5.74) is 5.42. The molecule has 6 aromatic rings. The summed E-state index contributed by atoms with van der Waals surface area (Å²) in [6.45, 7) is 3.97. The highest BCUT2D eigenvalue weighted by Gasteiger charge is 2.50. The van der Waals surface area contributed by atoms with E-state index >= 15 is 0 Å². The van der Waals surface area contributed by atoms with Gasteiger partial charge in [0, 0.05) is 23.5 Å². The van der Waals surface area contributed by atoms with Crippen LogP contribution in [-0.2, 0) is 0 Å². The third-order valence-electron chi connectivity index (χ3n) is 7.16. The molecule has 0 fully saturated rings. The summed E-state index contributed by atoms with van der Waals surface area (Å²) >= 11 is 0. The van der Waals surface area contributed by atoms with Gasteiger partial charge >= 0.3 is 22.7 Å². The fourth-order valence-electron chi connectivity index (χ4n) is 5.35. The zero-order valence-electron chi connectivity index (χ0n) is 22.3. The Kier molecular flexibility index (Phi) is 4.79. The Balaban J connectivity index is 1.48. The van der Waals surface area contributed by atoms with Gasteiger partial charge in [-0.3, -0.25) is 0 Å². The van der Waals surface area contributed by atoms with Crippen LogP contribution in [0.1, 0.15) is 11.1 Å². The molecule has 0 saturated carbocycles. The second kappa shape index (κ2) is 8.32. The minimum Gasteiger partial charge on any atom is -0.425 e. The first-order valence-corrected chi connectivity index (χ1v) is 17.9. The van der Waals surface area contributed by atoms with Crippen molar-refractivity contribution in [1.29, 1.82) is 0 Å². The van der Waals surface area contributed by atoms with Crippen LogP contribution in [0.2, 0.25) is 0 Å². The van der Waals surface area contributed by atoms with Crippen LogP contribution in [0.15, 0.2) is 111 Å². The van der Waals surface area contributed by atoms with Crippen molar-refractivity contribution in [3.63, 3.8) is 0 Å². The smallest absolute Gasteiger partial charge is 0.384 e. The van der Waals surface area contributed by atoms with Gasteiger partial charge < -0.3 is 9.05 Å². The lowest BCUT2D eigenvalue weighted by Crippen LogP contribution is -2.19. The maximum Gasteiger partial charge on any atom is 0.384 e. The first-order chi connectivity index (χ1) is 20.5. The number of aryl methyl sites for hydroxylation is 2. The number of hydrogen-bond acceptors (Lipinski definition) is 9. The lowest BCUT2D eigenvalue weighted by atomic mass is 10.1. The minimum absolute atomic E-state index is 0.663. The van der Waals surface area contributed by atoms with Crippen LogP contribution in [0.3, 0.4) is 0 Å². The first-order valence-electron chi connectivity index (χ1n) is 13.1. The zero-order chi connectivity index (χ0) is 28.1. The molecule has 9 rings (SSSR count). The molecule has 0 radical (unpaired) electrons. The molecule has 7 heterocycles. The molecule has 0 aliphatic carbocycles. The molecule has 3 aliphatic rings. The average Bonchev–Trinajstić information content (AvgIpc) is 3.81. The van der Waals surface area contributed by atoms with Gasteiger partial charge in [0.25, 0.3) is 0 Å². The van der Waals surface area contributed by atoms with E-state index in [0.717, 1.165) is 33.6 Å². The lowest BCUT2D eigenvalue weighted by Gasteiger charge is -2.38. The Hall–Kier alpha value is -4.43. The fourth-order valence-corrected chi connectivity index (χ4v) is 17.1. The molecule has 16 heteroatoms. The number of rotatable bonds is 2. The second-order valence-electron chi connectivity index (χ2n) is 10.1. The summed E-state index contributed by atoms with van der Waals surface area (Å²) in [6, 6.07) is 19.6. The van der Waals surface area contributed by atoms with Crippen LogP contribution in [-0.4, -0.2) is 38.2 Å². The minimum atomic E-state index is -3.42. The Morgan fingerprint density at radius 2 is 1.07 bits per heavy atom. The van der Waals surface area contributed by atoms with Crippen molar-refractivity contribution in [1.82, 2.24) is 38.2 Å². The summed E-state index contributed by atoms with van der Waals surface area (Å²) in [7, 11) is -10.1. The monoisotopic (exact) mass is 613 g/mol. The number of nitrogens with zero attached hydrogens (tertiary/aromatic N) is 11. The van der Waals surface area contributed by atoms with Gasteiger partial charge in [0.2, 0.25) is 0 Å². The van der Waals surface area contributed by atoms with E-state index in [1.54, 1.807) is 42.6 Å². The van der Waals surface area contributed by atoms with E-state index in [9.17, 15) is 0 Å². The van der Waals surface area contributed by atoms with Crippen molar-refractivity contribution in [3.8, 4) is 34.0 Å². The van der Waals surface area contributed by atoms with Crippen molar-refractivity contribution in [2.45, 2.75) is 13.8 Å². The Morgan fingerprint density at radius 3 is 1.57 bits per heavy atom. The van der Waals surface area contributed by atoms with Crippen LogP contribution in [0, 0.1) is 13.8 Å². The van der Waals surface area contributed by atoms with Crippen LogP contribution in [0.4, 0.5) is 0 Å². The first kappa shape index (κ1) is 24.2. The van der Waals surface area contributed by atoms with Gasteiger partial charge in [0.05, 0.1) is 36.2 Å². The molecule has 208 valence electrons. The molecular weight excluding hydrogens is 591 g/mol. The van der Waals surface area contributed by atoms with Crippen molar-refractivity contribution < 1.29 is 9.05 Å². The van der Waals surface area contributed by atoms with Crippen molar-refractivity contribution in [2.24, 2.45) is 13.5 Å². The van der Waals surface area contributed by atoms with E-state index in [1.807, 2.05) is 86.9 Å². The molecule has 2 atom stereocenters. The molecule has 3 aliphatic heterocycles. The predicted molar refractivity (Wildman–Crippen MR) is 160 cm³/mol. The molecule has 2 spiro atoms. The Morgan fingerprint density at radius 1 is 0.571 bits per heavy atom. The summed E-state index contributed by atoms with van der Waals surface area (Å²) in [6.07, 6.45) is 10.9. The van der Waals surface area contributed by atoms with Gasteiger partial charge in [-0.2, -0.15) is 38.2 Å². The van der Waals surface area contributed by atoms with E-state index in [4.69, 9.17) is 43.0 Å². The number of fused-ring (bicyclic) bond motifs is 8. The molecule has 0 bridgehead atoms. The summed E-state index contributed by atoms with van der Waals surface area (Å²) in [4.78, 5) is 0. The molecule has 0 amide bonds. The molecule has 42 heavy (non-hydrogen) atoms. The normalized spacial score (nSPS) is 22.4. The van der Waals surface area contributed by atoms with Gasteiger partial charge in [0.15, 0.2) is 0 Å². The zero-order valence-corrected chi connectivity index (χ0v) is 25.0. The van der Waals surface area contributed by atoms with Crippen LogP contribution >= 0.6 is 22.7 Å². The van der Waals surface area contributed by atoms with E-state index < -0.39 is 22.7 Å². The SMILES string of the molecule is Cc1cnn(P2(n3cc(C)cn3)=NP3(=NP4(=N2)Oc2ccccc2-c2ccnn24)Oc2ccccc2-c2ccnn23)c1. The van der Waals surface area contributed by atoms with Crippen LogP contribution < -0.4 is 9.05 Å². The molecule has 13 nitrogen and oxygen atoms in total. The number of hydrogen-bond donors (Lipinski definition) is 0. The molecule has 4 aromatic heterocycles. The topological polar surface area (TPSA) is 127 Å². The van der Waals surface area contributed by atoms with Gasteiger partial charge in [-0.25, -0.2) is 0 Å². The maximum atomic E-state index is 6.93. The summed E-state index contributed by atoms with van der Waals surface area (Å²) < 4.78 is 37.6. The maximum absolute atomic E-state index is 6.93. The number of aromatic nitrogens is 8. The van der Waals surface area contributed by atoms with Gasteiger partial charge in [-0.1, -0.05) is 24.3 Å². The van der Waals surface area contributed by atoms with Gasteiger partial charge in [-0.15, -0.1) is 13.5 Å². The number of benzene rings is 2. The van der Waals surface area contributed by atoms with Crippen molar-refractivity contribution in [2.75, 3.05) is 0 Å². The Bertz CT molecular complexity index is 2120. The van der Waals surface area contributed by atoms with Crippen molar-refractivity contribution >= 4 is 22.7 Å². The van der Waals surface area contributed by atoms with E-state index in [0.29, 0.717) is 11.5 Å². The molecule has 2 unspecified atom stereocenters. The molecule has 0 N–H and O–H groups in total. The molecular formula is C26H22N11O2P3. The molecule has 2 aromatic carbocycles. The fraction of sp³-hybridized carbons (Fsp3) is 0.0769. The average molecular weight is 613 g/mol. The predicted octanol–water partition coefficient (Wildman–Crippen LogP) is 7.55. The van der Waals surface area contributed by atoms with E-state index in [-0.39, 0.29) is 0 Å². The van der Waals surface area contributed by atoms with Gasteiger partial charge in [-0.05, 0) is 61.4 Å². The standard InChI is InChI=1S/C26H22N11O2P3/c1-19-15-29-34(17-19)40(35-18-20(2)16-30-35)31-41(36-23(11-13-27-36)21-7-3-5-9-25(21)38-41)33-42(32-40)37-24(12-14-28-37)22-8-4-6-10-26(22)39-42/h3-18H,1-2H3. The highest BCUT2D eigenvalue weighted by molar-refractivity contribution is 7.82. The van der Waals surface area contributed by atoms with E-state index in [1.165, 1.54) is 0 Å². The summed E-state index contributed by atoms with van der Waals surface area (Å²) in [5.74, 6) is 1.33. The molecule has 0 saturated heterocycles. The highest BCUT2D eigenvalue weighted by atomic mass is 31.3. The third-order valence-corrected chi connectivity index (χ3v) is 16.9. The second-order valence-corrected chi connectivity index (χ2v) is 17.3. The quantitative estimate of drug-likeness (QED) is 0.186. The third kappa shape index (κ3) is 3.18. The Labute approximate surface area is 240 Å². The van der Waals surface area contributed by atoms with Crippen LogP contribution in [0.25, 0.3) is 22.5 Å². The van der Waals surface area contributed by atoms with E-state index in [2.05, 4.69) is 0 Å². The van der Waals surface area contributed by atoms with Crippen molar-refractivity contribution in [3.05, 3.63) is 109 Å². The van der Waals surface area contributed by atoms with Crippen LogP contribution in [0.5, 0.6) is 11.5 Å².